The highest BCUT2D eigenvalue weighted by molar-refractivity contribution is 9.11. The van der Waals surface area contributed by atoms with Gasteiger partial charge in [0.05, 0.1) is 12.1 Å². The second-order valence-corrected chi connectivity index (χ2v) is 4.87. The van der Waals surface area contributed by atoms with Crippen LogP contribution < -0.4 is 5.32 Å². The average molecular weight is 286 g/mol. The summed E-state index contributed by atoms with van der Waals surface area (Å²) >= 11 is 3.20. The lowest BCUT2D eigenvalue weighted by Gasteiger charge is -2.04. The topological polar surface area (TPSA) is 46.9 Å². The van der Waals surface area contributed by atoms with E-state index in [9.17, 15) is 4.79 Å². The van der Waals surface area contributed by atoms with Crippen LogP contribution in [-0.4, -0.2) is 22.2 Å². The van der Waals surface area contributed by atoms with Crippen molar-refractivity contribution in [3.8, 4) is 0 Å². The Morgan fingerprint density at radius 1 is 1.56 bits per heavy atom. The maximum atomic E-state index is 11.6. The van der Waals surface area contributed by atoms with Gasteiger partial charge in [0.2, 0.25) is 5.91 Å². The number of aryl methyl sites for hydroxylation is 2. The summed E-state index contributed by atoms with van der Waals surface area (Å²) in [5, 5.41) is 7.04. The van der Waals surface area contributed by atoms with Gasteiger partial charge in [-0.15, -0.1) is 0 Å². The summed E-state index contributed by atoms with van der Waals surface area (Å²) in [6.45, 7) is 7.99. The predicted molar refractivity (Wildman–Crippen MR) is 67.5 cm³/mol. The lowest BCUT2D eigenvalue weighted by atomic mass is 10.1. The Kier molecular flexibility index (Phi) is 4.29. The highest BCUT2D eigenvalue weighted by Crippen LogP contribution is 2.12. The van der Waals surface area contributed by atoms with Crippen LogP contribution in [0.3, 0.4) is 0 Å². The molecule has 0 aromatic carbocycles. The molecule has 0 aliphatic heterocycles. The van der Waals surface area contributed by atoms with Crippen molar-refractivity contribution in [2.45, 2.75) is 20.3 Å². The van der Waals surface area contributed by atoms with Crippen LogP contribution in [0.2, 0.25) is 0 Å². The van der Waals surface area contributed by atoms with Crippen LogP contribution in [-0.2, 0) is 18.3 Å². The van der Waals surface area contributed by atoms with E-state index in [2.05, 4.69) is 32.9 Å². The van der Waals surface area contributed by atoms with E-state index in [4.69, 9.17) is 0 Å². The largest absolute Gasteiger partial charge is 0.351 e. The Hall–Kier alpha value is -1.10. The molecule has 0 saturated heterocycles. The Bertz CT molecular complexity index is 423. The molecule has 0 saturated carbocycles. The van der Waals surface area contributed by atoms with Gasteiger partial charge < -0.3 is 5.32 Å². The van der Waals surface area contributed by atoms with Crippen LogP contribution in [0.5, 0.6) is 0 Å². The summed E-state index contributed by atoms with van der Waals surface area (Å²) in [6.07, 6.45) is 0.367. The number of aromatic nitrogens is 2. The fourth-order valence-corrected chi connectivity index (χ4v) is 1.63. The number of rotatable bonds is 4. The minimum atomic E-state index is -0.0141. The second-order valence-electron chi connectivity index (χ2n) is 3.74. The van der Waals surface area contributed by atoms with Crippen molar-refractivity contribution in [1.29, 1.82) is 0 Å². The molecule has 0 atom stereocenters. The third-order valence-corrected chi connectivity index (χ3v) is 2.75. The molecule has 88 valence electrons. The molecule has 0 unspecified atom stereocenters. The van der Waals surface area contributed by atoms with Gasteiger partial charge >= 0.3 is 0 Å². The minimum absolute atomic E-state index is 0.0141. The normalized spacial score (nSPS) is 10.2. The molecule has 0 fully saturated rings. The van der Waals surface area contributed by atoms with Crippen molar-refractivity contribution < 1.29 is 4.79 Å². The first-order chi connectivity index (χ1) is 7.41. The summed E-state index contributed by atoms with van der Waals surface area (Å²) < 4.78 is 2.56. The van der Waals surface area contributed by atoms with Gasteiger partial charge in [0.15, 0.2) is 0 Å². The van der Waals surface area contributed by atoms with Crippen LogP contribution in [0.15, 0.2) is 11.1 Å². The summed E-state index contributed by atoms with van der Waals surface area (Å²) in [6, 6.07) is 0. The zero-order chi connectivity index (χ0) is 12.3. The van der Waals surface area contributed by atoms with Gasteiger partial charge in [-0.2, -0.15) is 5.10 Å². The number of amides is 1. The number of nitrogens with one attached hydrogen (secondary N) is 1. The fraction of sp³-hybridized carbons (Fsp3) is 0.455. The third kappa shape index (κ3) is 3.20. The standard InChI is InChI=1S/C11H16BrN3O/c1-7(12)6-13-11(16)5-10-8(2)14-15(4)9(10)3/h1,5-6H2,2-4H3,(H,13,16). The molecule has 5 heteroatoms. The molecular weight excluding hydrogens is 270 g/mol. The van der Waals surface area contributed by atoms with Gasteiger partial charge in [0.1, 0.15) is 0 Å². The van der Waals surface area contributed by atoms with Gasteiger partial charge in [-0.3, -0.25) is 9.48 Å². The fourth-order valence-electron chi connectivity index (χ4n) is 1.49. The number of hydrogen-bond acceptors (Lipinski definition) is 2. The minimum Gasteiger partial charge on any atom is -0.351 e. The van der Waals surface area contributed by atoms with Crippen LogP contribution in [0.1, 0.15) is 17.0 Å². The van der Waals surface area contributed by atoms with E-state index in [0.717, 1.165) is 21.4 Å². The van der Waals surface area contributed by atoms with E-state index < -0.39 is 0 Å². The van der Waals surface area contributed by atoms with Crippen molar-refractivity contribution in [3.05, 3.63) is 28.0 Å². The Labute approximate surface area is 104 Å². The zero-order valence-corrected chi connectivity index (χ0v) is 11.4. The van der Waals surface area contributed by atoms with Gasteiger partial charge in [0, 0.05) is 29.3 Å². The number of hydrogen-bond donors (Lipinski definition) is 1. The first-order valence-corrected chi connectivity index (χ1v) is 5.80. The summed E-state index contributed by atoms with van der Waals surface area (Å²) in [7, 11) is 1.88. The molecule has 0 aliphatic carbocycles. The maximum Gasteiger partial charge on any atom is 0.224 e. The molecule has 0 bridgehead atoms. The Balaban J connectivity index is 2.66. The number of carbonyl (C=O) groups excluding carboxylic acids is 1. The average Bonchev–Trinajstić information content (AvgIpc) is 2.42. The molecule has 1 aromatic rings. The molecule has 1 rings (SSSR count). The van der Waals surface area contributed by atoms with Gasteiger partial charge in [-0.05, 0) is 13.8 Å². The van der Waals surface area contributed by atoms with E-state index >= 15 is 0 Å². The van der Waals surface area contributed by atoms with Crippen molar-refractivity contribution in [2.24, 2.45) is 7.05 Å². The highest BCUT2D eigenvalue weighted by Gasteiger charge is 2.12. The molecule has 0 aliphatic rings. The van der Waals surface area contributed by atoms with E-state index in [-0.39, 0.29) is 5.91 Å². The maximum absolute atomic E-state index is 11.6. The molecule has 1 heterocycles. The van der Waals surface area contributed by atoms with Crippen molar-refractivity contribution in [1.82, 2.24) is 15.1 Å². The number of carbonyl (C=O) groups is 1. The summed E-state index contributed by atoms with van der Waals surface area (Å²) in [4.78, 5) is 11.6. The van der Waals surface area contributed by atoms with Gasteiger partial charge in [-0.1, -0.05) is 22.5 Å². The van der Waals surface area contributed by atoms with Crippen LogP contribution in [0.25, 0.3) is 0 Å². The first-order valence-electron chi connectivity index (χ1n) is 5.01. The molecule has 1 aromatic heterocycles. The van der Waals surface area contributed by atoms with Gasteiger partial charge in [-0.25, -0.2) is 0 Å². The third-order valence-electron chi connectivity index (χ3n) is 2.47. The quantitative estimate of drug-likeness (QED) is 0.914. The van der Waals surface area contributed by atoms with E-state index in [1.54, 1.807) is 4.68 Å². The molecule has 0 spiro atoms. The summed E-state index contributed by atoms with van der Waals surface area (Å²) in [5.41, 5.74) is 2.94. The number of nitrogens with zero attached hydrogens (tertiary/aromatic N) is 2. The predicted octanol–water partition coefficient (Wildman–Crippen LogP) is 1.60. The second kappa shape index (κ2) is 5.30. The molecule has 0 radical (unpaired) electrons. The molecule has 4 nitrogen and oxygen atoms in total. The van der Waals surface area contributed by atoms with Crippen molar-refractivity contribution >= 4 is 21.8 Å². The van der Waals surface area contributed by atoms with E-state index in [0.29, 0.717) is 13.0 Å². The lowest BCUT2D eigenvalue weighted by molar-refractivity contribution is -0.120. The first kappa shape index (κ1) is 13.0. The van der Waals surface area contributed by atoms with E-state index in [1.165, 1.54) is 0 Å². The van der Waals surface area contributed by atoms with Crippen molar-refractivity contribution in [2.75, 3.05) is 6.54 Å². The number of halogens is 1. The Morgan fingerprint density at radius 2 is 2.19 bits per heavy atom. The molecule has 1 N–H and O–H groups in total. The SMILES string of the molecule is C=C(Br)CNC(=O)Cc1c(C)nn(C)c1C. The zero-order valence-electron chi connectivity index (χ0n) is 9.80. The molecule has 1 amide bonds. The van der Waals surface area contributed by atoms with Gasteiger partial charge in [0.25, 0.3) is 0 Å². The summed E-state index contributed by atoms with van der Waals surface area (Å²) in [5.74, 6) is -0.0141. The van der Waals surface area contributed by atoms with Crippen molar-refractivity contribution in [3.63, 3.8) is 0 Å². The molecular formula is C11H16BrN3O. The van der Waals surface area contributed by atoms with E-state index in [1.807, 2.05) is 20.9 Å². The van der Waals surface area contributed by atoms with Crippen LogP contribution in [0, 0.1) is 13.8 Å². The molecule has 16 heavy (non-hydrogen) atoms. The van der Waals surface area contributed by atoms with Crippen LogP contribution >= 0.6 is 15.9 Å². The highest BCUT2D eigenvalue weighted by atomic mass is 79.9. The smallest absolute Gasteiger partial charge is 0.224 e. The lowest BCUT2D eigenvalue weighted by Crippen LogP contribution is -2.26. The monoisotopic (exact) mass is 285 g/mol. The van der Waals surface area contributed by atoms with Crippen LogP contribution in [0.4, 0.5) is 0 Å². The Morgan fingerprint density at radius 3 is 2.62 bits per heavy atom.